The Kier molecular flexibility index (Phi) is 7.52. The molecule has 0 aromatic heterocycles. The fraction of sp³-hybridized carbons (Fsp3) is 0.526. The van der Waals surface area contributed by atoms with E-state index in [0.717, 1.165) is 23.6 Å². The number of hydrogen-bond donors (Lipinski definition) is 0. The Balaban J connectivity index is 2.80. The van der Waals surface area contributed by atoms with Crippen LogP contribution in [0.25, 0.3) is 0 Å². The molecule has 5 heteroatoms. The maximum Gasteiger partial charge on any atom is 0.416 e. The Morgan fingerprint density at radius 1 is 1.17 bits per heavy atom. The summed E-state index contributed by atoms with van der Waals surface area (Å²) in [6.45, 7) is 10.7. The third-order valence-electron chi connectivity index (χ3n) is 4.03. The summed E-state index contributed by atoms with van der Waals surface area (Å²) >= 11 is 0. The van der Waals surface area contributed by atoms with Gasteiger partial charge in [-0.25, -0.2) is 0 Å². The van der Waals surface area contributed by atoms with Gasteiger partial charge in [-0.1, -0.05) is 32.1 Å². The number of carbonyl (C=O) groups is 1. The van der Waals surface area contributed by atoms with Crippen molar-refractivity contribution in [2.24, 2.45) is 0 Å². The summed E-state index contributed by atoms with van der Waals surface area (Å²) < 4.78 is 38.7. The van der Waals surface area contributed by atoms with E-state index < -0.39 is 11.7 Å². The number of aryl methyl sites for hydroxylation is 1. The van der Waals surface area contributed by atoms with E-state index in [2.05, 4.69) is 6.58 Å². The fourth-order valence-electron chi connectivity index (χ4n) is 2.66. The summed E-state index contributed by atoms with van der Waals surface area (Å²) in [5.41, 5.74) is 1.79. The van der Waals surface area contributed by atoms with Gasteiger partial charge < -0.3 is 4.90 Å². The summed E-state index contributed by atoms with van der Waals surface area (Å²) in [4.78, 5) is 13.3. The quantitative estimate of drug-likeness (QED) is 0.608. The van der Waals surface area contributed by atoms with Crippen LogP contribution in [0.1, 0.15) is 50.3 Å². The lowest BCUT2D eigenvalue weighted by atomic mass is 9.95. The zero-order chi connectivity index (χ0) is 18.3. The second kappa shape index (κ2) is 8.90. The molecule has 24 heavy (non-hydrogen) atoms. The molecule has 0 spiro atoms. The lowest BCUT2D eigenvalue weighted by Crippen LogP contribution is -2.30. The molecule has 0 aliphatic rings. The molecule has 1 aromatic carbocycles. The van der Waals surface area contributed by atoms with Crippen molar-refractivity contribution >= 4 is 5.91 Å². The third-order valence-corrected chi connectivity index (χ3v) is 4.03. The maximum absolute atomic E-state index is 12.9. The van der Waals surface area contributed by atoms with Crippen LogP contribution in [-0.4, -0.2) is 23.9 Å². The smallest absolute Gasteiger partial charge is 0.343 e. The van der Waals surface area contributed by atoms with Gasteiger partial charge in [0.25, 0.3) is 0 Å². The van der Waals surface area contributed by atoms with Gasteiger partial charge in [0.05, 0.1) is 5.56 Å². The largest absolute Gasteiger partial charge is 0.416 e. The molecule has 1 aromatic rings. The zero-order valence-electron chi connectivity index (χ0n) is 14.7. The van der Waals surface area contributed by atoms with Gasteiger partial charge in [-0.05, 0) is 48.9 Å². The molecule has 0 N–H and O–H groups in total. The Bertz CT molecular complexity index is 578. The van der Waals surface area contributed by atoms with Crippen molar-refractivity contribution in [3.05, 3.63) is 47.0 Å². The number of hydrogen-bond acceptors (Lipinski definition) is 1. The van der Waals surface area contributed by atoms with Crippen LogP contribution >= 0.6 is 0 Å². The molecule has 1 amide bonds. The highest BCUT2D eigenvalue weighted by atomic mass is 19.4. The van der Waals surface area contributed by atoms with Gasteiger partial charge in [0.15, 0.2) is 0 Å². The highest BCUT2D eigenvalue weighted by Crippen LogP contribution is 2.31. The van der Waals surface area contributed by atoms with E-state index in [1.807, 2.05) is 13.8 Å². The van der Waals surface area contributed by atoms with Gasteiger partial charge in [-0.3, -0.25) is 4.79 Å². The molecule has 0 saturated heterocycles. The molecular weight excluding hydrogens is 315 g/mol. The Hall–Kier alpha value is -1.78. The molecule has 2 nitrogen and oxygen atoms in total. The van der Waals surface area contributed by atoms with Crippen LogP contribution < -0.4 is 0 Å². The molecule has 1 rings (SSSR count). The van der Waals surface area contributed by atoms with E-state index in [1.54, 1.807) is 11.0 Å². The van der Waals surface area contributed by atoms with Gasteiger partial charge in [-0.15, -0.1) is 0 Å². The summed E-state index contributed by atoms with van der Waals surface area (Å²) in [5.74, 6) is 0.0120. The predicted octanol–water partition coefficient (Wildman–Crippen LogP) is 5.02. The van der Waals surface area contributed by atoms with Gasteiger partial charge in [0.2, 0.25) is 5.91 Å². The number of nitrogens with zero attached hydrogens (tertiary/aromatic N) is 1. The first-order valence-electron chi connectivity index (χ1n) is 8.30. The van der Waals surface area contributed by atoms with Crippen LogP contribution in [0, 0.1) is 0 Å². The number of amides is 1. The van der Waals surface area contributed by atoms with E-state index >= 15 is 0 Å². The monoisotopic (exact) mass is 341 g/mol. The molecule has 0 bridgehead atoms. The van der Waals surface area contributed by atoms with Crippen molar-refractivity contribution in [3.8, 4) is 0 Å². The topological polar surface area (TPSA) is 20.3 Å². The number of alkyl halides is 3. The second-order valence-electron chi connectivity index (χ2n) is 6.02. The summed E-state index contributed by atoms with van der Waals surface area (Å²) in [6, 6.07) is 3.90. The molecule has 0 heterocycles. The minimum Gasteiger partial charge on any atom is -0.343 e. The molecule has 0 unspecified atom stereocenters. The van der Waals surface area contributed by atoms with Crippen LogP contribution in [-0.2, 0) is 23.8 Å². The SMILES string of the molecule is C=C(CCN(CCC)C(C)=O)Cc1cc(C(F)(F)F)ccc1CC. The average Bonchev–Trinajstić information content (AvgIpc) is 2.50. The van der Waals surface area contributed by atoms with Crippen LogP contribution in [0.5, 0.6) is 0 Å². The summed E-state index contributed by atoms with van der Waals surface area (Å²) in [6.07, 6.45) is -1.78. The Morgan fingerprint density at radius 3 is 2.33 bits per heavy atom. The van der Waals surface area contributed by atoms with E-state index in [0.29, 0.717) is 37.9 Å². The van der Waals surface area contributed by atoms with Crippen molar-refractivity contribution in [3.63, 3.8) is 0 Å². The lowest BCUT2D eigenvalue weighted by Gasteiger charge is -2.21. The van der Waals surface area contributed by atoms with Crippen LogP contribution in [0.15, 0.2) is 30.4 Å². The van der Waals surface area contributed by atoms with Gasteiger partial charge in [0, 0.05) is 20.0 Å². The van der Waals surface area contributed by atoms with Crippen molar-refractivity contribution in [2.75, 3.05) is 13.1 Å². The standard InChI is InChI=1S/C19H26F3NO/c1-5-10-23(15(4)24)11-9-14(3)12-17-13-18(19(20,21)22)8-7-16(17)6-2/h7-8,13H,3,5-6,9-12H2,1-2,4H3. The average molecular weight is 341 g/mol. The Labute approximate surface area is 142 Å². The van der Waals surface area contributed by atoms with Crippen molar-refractivity contribution in [1.82, 2.24) is 4.90 Å². The van der Waals surface area contributed by atoms with E-state index in [1.165, 1.54) is 13.0 Å². The van der Waals surface area contributed by atoms with Crippen LogP contribution in [0.3, 0.4) is 0 Å². The molecule has 0 aliphatic carbocycles. The molecule has 0 atom stereocenters. The van der Waals surface area contributed by atoms with Crippen molar-refractivity contribution in [1.29, 1.82) is 0 Å². The summed E-state index contributed by atoms with van der Waals surface area (Å²) in [7, 11) is 0. The highest BCUT2D eigenvalue weighted by molar-refractivity contribution is 5.73. The van der Waals surface area contributed by atoms with Gasteiger partial charge in [0.1, 0.15) is 0 Å². The van der Waals surface area contributed by atoms with E-state index in [4.69, 9.17) is 0 Å². The molecule has 0 aliphatic heterocycles. The van der Waals surface area contributed by atoms with Crippen molar-refractivity contribution in [2.45, 2.75) is 52.6 Å². The first-order chi connectivity index (χ1) is 11.2. The second-order valence-corrected chi connectivity index (χ2v) is 6.02. The Morgan fingerprint density at radius 2 is 1.83 bits per heavy atom. The number of carbonyl (C=O) groups excluding carboxylic acids is 1. The minimum absolute atomic E-state index is 0.0120. The van der Waals surface area contributed by atoms with Crippen molar-refractivity contribution < 1.29 is 18.0 Å². The summed E-state index contributed by atoms with van der Waals surface area (Å²) in [5, 5.41) is 0. The van der Waals surface area contributed by atoms with Gasteiger partial charge >= 0.3 is 6.18 Å². The van der Waals surface area contributed by atoms with Crippen LogP contribution in [0.4, 0.5) is 13.2 Å². The molecular formula is C19H26F3NO. The first-order valence-corrected chi connectivity index (χ1v) is 8.30. The number of benzene rings is 1. The third kappa shape index (κ3) is 6.02. The predicted molar refractivity (Wildman–Crippen MR) is 90.8 cm³/mol. The number of halogens is 3. The van der Waals surface area contributed by atoms with Crippen LogP contribution in [0.2, 0.25) is 0 Å². The maximum atomic E-state index is 12.9. The molecule has 0 saturated carbocycles. The molecule has 0 radical (unpaired) electrons. The normalized spacial score (nSPS) is 11.4. The zero-order valence-corrected chi connectivity index (χ0v) is 14.7. The molecule has 0 fully saturated rings. The van der Waals surface area contributed by atoms with E-state index in [9.17, 15) is 18.0 Å². The van der Waals surface area contributed by atoms with Gasteiger partial charge in [-0.2, -0.15) is 13.2 Å². The first kappa shape index (κ1) is 20.3. The lowest BCUT2D eigenvalue weighted by molar-refractivity contribution is -0.137. The minimum atomic E-state index is -4.34. The molecule has 134 valence electrons. The highest BCUT2D eigenvalue weighted by Gasteiger charge is 2.30. The fourth-order valence-corrected chi connectivity index (χ4v) is 2.66. The number of rotatable bonds is 8. The van der Waals surface area contributed by atoms with E-state index in [-0.39, 0.29) is 5.91 Å².